The highest BCUT2D eigenvalue weighted by Gasteiger charge is 2.47. The van der Waals surface area contributed by atoms with Gasteiger partial charge >= 0.3 is 23.5 Å². The maximum atomic E-state index is 12.0. The Labute approximate surface area is 226 Å². The predicted octanol–water partition coefficient (Wildman–Crippen LogP) is 0.00850. The van der Waals surface area contributed by atoms with Crippen LogP contribution >= 0.6 is 36.1 Å². The number of phosphoric ester groups is 1. The fraction of sp³-hybridized carbons (Fsp3) is 0.688. The Balaban J connectivity index is 1.68. The number of anilines is 1. The zero-order valence-electron chi connectivity index (χ0n) is 20.0. The average molecular weight is 638 g/mol. The van der Waals surface area contributed by atoms with Crippen LogP contribution in [-0.2, 0) is 31.6 Å². The number of rotatable bonds is 15. The van der Waals surface area contributed by atoms with Crippen LogP contribution in [0.3, 0.4) is 0 Å². The lowest BCUT2D eigenvalue weighted by Crippen LogP contribution is -2.33. The Bertz CT molecular complexity index is 1280. The third-order valence-electron chi connectivity index (χ3n) is 5.25. The first-order valence-electron chi connectivity index (χ1n) is 11.3. The summed E-state index contributed by atoms with van der Waals surface area (Å²) in [5.41, 5.74) is 5.93. The number of nitrogens with zero attached hydrogens (tertiary/aromatic N) is 4. The summed E-state index contributed by atoms with van der Waals surface area (Å²) in [6, 6.07) is 0. The molecule has 23 heteroatoms. The van der Waals surface area contributed by atoms with Gasteiger partial charge in [0.2, 0.25) is 5.95 Å². The Morgan fingerprint density at radius 2 is 1.72 bits per heavy atom. The van der Waals surface area contributed by atoms with Crippen molar-refractivity contribution in [2.24, 2.45) is 5.73 Å². The van der Waals surface area contributed by atoms with Gasteiger partial charge in [0.05, 0.1) is 12.9 Å². The van der Waals surface area contributed by atoms with Crippen LogP contribution in [0.15, 0.2) is 11.4 Å². The van der Waals surface area contributed by atoms with Gasteiger partial charge in [0.15, 0.2) is 11.9 Å². The predicted molar refractivity (Wildman–Crippen MR) is 134 cm³/mol. The number of aromatic nitrogens is 4. The minimum Gasteiger partial charge on any atom is -0.387 e. The zero-order chi connectivity index (χ0) is 29.0. The van der Waals surface area contributed by atoms with Crippen LogP contribution in [-0.4, -0.2) is 87.3 Å². The van der Waals surface area contributed by atoms with Crippen molar-refractivity contribution in [1.29, 1.82) is 0 Å². The molecule has 6 atom stereocenters. The Hall–Kier alpha value is -1.05. The van der Waals surface area contributed by atoms with Crippen LogP contribution in [0.5, 0.6) is 0 Å². The summed E-state index contributed by atoms with van der Waals surface area (Å²) in [4.78, 5) is 48.8. The highest BCUT2D eigenvalue weighted by Crippen LogP contribution is 2.66. The van der Waals surface area contributed by atoms with Crippen molar-refractivity contribution in [3.8, 4) is 0 Å². The van der Waals surface area contributed by atoms with E-state index in [1.807, 2.05) is 0 Å². The highest BCUT2D eigenvalue weighted by molar-refractivity contribution is 7.80. The van der Waals surface area contributed by atoms with Gasteiger partial charge in [0.1, 0.15) is 28.9 Å². The number of fused-ring (bicyclic) bond motifs is 1. The first kappa shape index (κ1) is 32.5. The number of imidazole rings is 1. The first-order valence-corrected chi connectivity index (χ1v) is 16.3. The van der Waals surface area contributed by atoms with Crippen molar-refractivity contribution >= 4 is 53.2 Å². The molecule has 0 aromatic carbocycles. The number of unbranched alkanes of at least 4 members (excludes halogenated alkanes) is 3. The van der Waals surface area contributed by atoms with E-state index in [2.05, 4.69) is 46.0 Å². The highest BCUT2D eigenvalue weighted by atomic mass is 32.1. The van der Waals surface area contributed by atoms with Crippen LogP contribution in [0.4, 0.5) is 5.95 Å². The molecule has 2 aromatic heterocycles. The summed E-state index contributed by atoms with van der Waals surface area (Å²) >= 11 is 4.32. The lowest BCUT2D eigenvalue weighted by molar-refractivity contribution is -0.0503. The summed E-state index contributed by atoms with van der Waals surface area (Å²) in [5.74, 6) is 0.227. The quantitative estimate of drug-likeness (QED) is 0.0537. The van der Waals surface area contributed by atoms with Gasteiger partial charge in [-0.25, -0.2) is 23.7 Å². The summed E-state index contributed by atoms with van der Waals surface area (Å²) in [5, 5.41) is 24.3. The molecule has 0 radical (unpaired) electrons. The molecule has 39 heavy (non-hydrogen) atoms. The van der Waals surface area contributed by atoms with E-state index in [1.54, 1.807) is 0 Å². The minimum absolute atomic E-state index is 0.186. The van der Waals surface area contributed by atoms with E-state index in [0.717, 1.165) is 25.7 Å². The van der Waals surface area contributed by atoms with Gasteiger partial charge in [0.25, 0.3) is 0 Å². The summed E-state index contributed by atoms with van der Waals surface area (Å²) in [6.45, 7) is 0.235. The van der Waals surface area contributed by atoms with E-state index >= 15 is 0 Å². The normalized spacial score (nSPS) is 25.0. The topological polar surface area (TPSA) is 291 Å². The second kappa shape index (κ2) is 13.3. The van der Waals surface area contributed by atoms with Crippen LogP contribution in [0.1, 0.15) is 31.9 Å². The Kier molecular flexibility index (Phi) is 11.1. The van der Waals surface area contributed by atoms with Gasteiger partial charge in [-0.3, -0.25) is 9.09 Å². The molecule has 19 nitrogen and oxygen atoms in total. The first-order chi connectivity index (χ1) is 18.1. The molecule has 3 heterocycles. The smallest absolute Gasteiger partial charge is 0.387 e. The molecule has 4 unspecified atom stereocenters. The second-order valence-corrected chi connectivity index (χ2v) is 13.1. The van der Waals surface area contributed by atoms with Gasteiger partial charge in [-0.1, -0.05) is 12.8 Å². The molecule has 1 aliphatic heterocycles. The third-order valence-corrected chi connectivity index (χ3v) is 9.36. The Morgan fingerprint density at radius 1 is 1.03 bits per heavy atom. The molecule has 1 saturated heterocycles. The zero-order valence-corrected chi connectivity index (χ0v) is 23.6. The Morgan fingerprint density at radius 3 is 2.38 bits per heavy atom. The molecule has 0 saturated carbocycles. The molecule has 2 aromatic rings. The van der Waals surface area contributed by atoms with Crippen molar-refractivity contribution in [2.45, 2.75) is 55.2 Å². The number of hydrogen-bond donors (Lipinski definition) is 9. The molecule has 3 rings (SSSR count). The van der Waals surface area contributed by atoms with E-state index in [1.165, 1.54) is 10.9 Å². The van der Waals surface area contributed by atoms with Crippen molar-refractivity contribution in [1.82, 2.24) is 19.5 Å². The minimum atomic E-state index is -5.73. The molecular formula is C16H29N6O13P3S. The van der Waals surface area contributed by atoms with Crippen LogP contribution in [0.25, 0.3) is 11.2 Å². The SMILES string of the molecule is NCCCCCCNc1nc(S)c2ncn([C@@H]3O[C@H](COP(=O)(O)OP(=O)(O)OP(=O)(O)O)C(O)C3O)c2n1. The van der Waals surface area contributed by atoms with Gasteiger partial charge in [0, 0.05) is 6.54 Å². The van der Waals surface area contributed by atoms with Gasteiger partial charge in [-0.05, 0) is 19.4 Å². The van der Waals surface area contributed by atoms with Crippen LogP contribution in [0, 0.1) is 0 Å². The molecule has 0 spiro atoms. The molecule has 9 N–H and O–H groups in total. The van der Waals surface area contributed by atoms with Crippen molar-refractivity contribution in [3.05, 3.63) is 6.33 Å². The fourth-order valence-electron chi connectivity index (χ4n) is 3.56. The van der Waals surface area contributed by atoms with Crippen molar-refractivity contribution in [3.63, 3.8) is 0 Å². The number of thiol groups is 1. The van der Waals surface area contributed by atoms with E-state index in [0.29, 0.717) is 13.1 Å². The number of ether oxygens (including phenoxy) is 1. The van der Waals surface area contributed by atoms with Crippen molar-refractivity contribution in [2.75, 3.05) is 25.0 Å². The van der Waals surface area contributed by atoms with E-state index in [4.69, 9.17) is 20.3 Å². The maximum Gasteiger partial charge on any atom is 0.490 e. The van der Waals surface area contributed by atoms with Gasteiger partial charge in [-0.15, -0.1) is 12.6 Å². The lowest BCUT2D eigenvalue weighted by Gasteiger charge is -2.19. The number of hydrogen-bond acceptors (Lipinski definition) is 15. The molecule has 1 aliphatic rings. The monoisotopic (exact) mass is 638 g/mol. The number of nitrogens with one attached hydrogen (secondary N) is 1. The van der Waals surface area contributed by atoms with E-state index < -0.39 is 54.6 Å². The second-order valence-electron chi connectivity index (χ2n) is 8.26. The molecule has 0 bridgehead atoms. The van der Waals surface area contributed by atoms with Gasteiger partial charge in [-0.2, -0.15) is 13.6 Å². The number of aliphatic hydroxyl groups is 2. The van der Waals surface area contributed by atoms with Crippen LogP contribution < -0.4 is 11.1 Å². The summed E-state index contributed by atoms with van der Waals surface area (Å²) in [7, 11) is -16.8. The van der Waals surface area contributed by atoms with E-state index in [9.17, 15) is 33.7 Å². The standard InChI is InChI=1S/C16H29N6O13P3S/c17-5-3-1-2-4-6-18-16-20-13-10(14(39)21-16)19-8-22(13)15-12(24)11(23)9(33-15)7-32-37(28,29)35-38(30,31)34-36(25,26)27/h8-9,11-12,15,23-24H,1-7,17H2,(H,28,29)(H,30,31)(H2,25,26,27)(H2,18,20,21,39)/t9-,11?,12?,15-/m1/s1. The van der Waals surface area contributed by atoms with Crippen LogP contribution in [0.2, 0.25) is 0 Å². The number of nitrogens with two attached hydrogens (primary N) is 1. The number of phosphoric acid groups is 3. The van der Waals surface area contributed by atoms with Gasteiger partial charge < -0.3 is 45.6 Å². The molecule has 0 aliphatic carbocycles. The number of aliphatic hydroxyl groups excluding tert-OH is 2. The molecule has 0 amide bonds. The molecular weight excluding hydrogens is 609 g/mol. The maximum absolute atomic E-state index is 12.0. The third kappa shape index (κ3) is 9.22. The fourth-order valence-corrected chi connectivity index (χ4v) is 6.84. The molecule has 1 fully saturated rings. The largest absolute Gasteiger partial charge is 0.490 e. The van der Waals surface area contributed by atoms with Crippen molar-refractivity contribution < 1.29 is 61.4 Å². The summed E-state index contributed by atoms with van der Waals surface area (Å²) in [6.07, 6.45) is -1.12. The van der Waals surface area contributed by atoms with E-state index in [-0.39, 0.29) is 22.1 Å². The lowest BCUT2D eigenvalue weighted by atomic mass is 10.1. The molecule has 222 valence electrons. The average Bonchev–Trinajstić information content (AvgIpc) is 3.34. The summed E-state index contributed by atoms with van der Waals surface area (Å²) < 4.78 is 52.8.